The van der Waals surface area contributed by atoms with Crippen LogP contribution in [0.2, 0.25) is 5.02 Å². The van der Waals surface area contributed by atoms with Crippen molar-refractivity contribution in [1.82, 2.24) is 0 Å². The van der Waals surface area contributed by atoms with E-state index in [4.69, 9.17) is 22.1 Å². The fourth-order valence-electron chi connectivity index (χ4n) is 2.66. The first-order valence-corrected chi connectivity index (χ1v) is 7.70. The van der Waals surface area contributed by atoms with Gasteiger partial charge in [-0.1, -0.05) is 39.7 Å². The van der Waals surface area contributed by atoms with Gasteiger partial charge in [-0.25, -0.2) is 0 Å². The first kappa shape index (κ1) is 13.9. The maximum atomic E-state index is 6.47. The molecule has 0 aromatic heterocycles. The Morgan fingerprint density at radius 1 is 1.30 bits per heavy atom. The van der Waals surface area contributed by atoms with Crippen molar-refractivity contribution in [2.45, 2.75) is 19.4 Å². The van der Waals surface area contributed by atoms with Gasteiger partial charge in [0.15, 0.2) is 0 Å². The Morgan fingerprint density at radius 3 is 2.90 bits per heavy atom. The Morgan fingerprint density at radius 2 is 2.10 bits per heavy atom. The van der Waals surface area contributed by atoms with Gasteiger partial charge in [0, 0.05) is 21.5 Å². The zero-order valence-electron chi connectivity index (χ0n) is 11.1. The summed E-state index contributed by atoms with van der Waals surface area (Å²) < 4.78 is 6.81. The Balaban J connectivity index is 2.11. The lowest BCUT2D eigenvalue weighted by Gasteiger charge is -2.19. The van der Waals surface area contributed by atoms with Crippen molar-refractivity contribution in [2.75, 3.05) is 6.61 Å². The molecule has 3 rings (SSSR count). The van der Waals surface area contributed by atoms with Crippen molar-refractivity contribution < 1.29 is 4.74 Å². The lowest BCUT2D eigenvalue weighted by molar-refractivity contribution is 0.352. The summed E-state index contributed by atoms with van der Waals surface area (Å²) in [6.07, 6.45) is 0.896. The first-order chi connectivity index (χ1) is 9.58. The molecule has 1 atom stereocenters. The third-order valence-corrected chi connectivity index (χ3v) is 4.83. The topological polar surface area (TPSA) is 35.2 Å². The molecule has 0 radical (unpaired) electrons. The minimum absolute atomic E-state index is 0.238. The van der Waals surface area contributed by atoms with Crippen LogP contribution in [0.15, 0.2) is 34.8 Å². The lowest BCUT2D eigenvalue weighted by Crippen LogP contribution is -2.14. The molecule has 2 aromatic carbocycles. The predicted octanol–water partition coefficient (Wildman–Crippen LogP) is 4.39. The van der Waals surface area contributed by atoms with E-state index in [0.717, 1.165) is 38.9 Å². The van der Waals surface area contributed by atoms with Crippen molar-refractivity contribution in [1.29, 1.82) is 0 Å². The molecule has 0 spiro atoms. The summed E-state index contributed by atoms with van der Waals surface area (Å²) in [6, 6.07) is 9.71. The van der Waals surface area contributed by atoms with E-state index >= 15 is 0 Å². The second kappa shape index (κ2) is 5.40. The van der Waals surface area contributed by atoms with Crippen molar-refractivity contribution in [3.05, 3.63) is 62.1 Å². The molecule has 1 unspecified atom stereocenters. The second-order valence-electron chi connectivity index (χ2n) is 5.01. The summed E-state index contributed by atoms with van der Waals surface area (Å²) in [5, 5.41) is 0.715. The molecule has 0 amide bonds. The van der Waals surface area contributed by atoms with E-state index in [0.29, 0.717) is 11.6 Å². The lowest BCUT2D eigenvalue weighted by atomic mass is 9.94. The van der Waals surface area contributed by atoms with Crippen LogP contribution in [0.4, 0.5) is 0 Å². The van der Waals surface area contributed by atoms with E-state index in [1.165, 1.54) is 0 Å². The number of halogens is 2. The highest BCUT2D eigenvalue weighted by atomic mass is 79.9. The number of hydrogen-bond acceptors (Lipinski definition) is 2. The van der Waals surface area contributed by atoms with Gasteiger partial charge in [-0.3, -0.25) is 0 Å². The van der Waals surface area contributed by atoms with Crippen LogP contribution in [0.3, 0.4) is 0 Å². The maximum Gasteiger partial charge on any atom is 0.127 e. The number of ether oxygens (including phenoxy) is 1. The van der Waals surface area contributed by atoms with Gasteiger partial charge < -0.3 is 10.5 Å². The molecule has 2 N–H and O–H groups in total. The minimum Gasteiger partial charge on any atom is -0.493 e. The molecule has 0 fully saturated rings. The normalized spacial score (nSPS) is 14.8. The zero-order chi connectivity index (χ0) is 14.3. The fourth-order valence-corrected chi connectivity index (χ4v) is 3.29. The second-order valence-corrected chi connectivity index (χ2v) is 6.30. The van der Waals surface area contributed by atoms with Gasteiger partial charge in [-0.2, -0.15) is 0 Å². The van der Waals surface area contributed by atoms with Crippen LogP contribution in [0.1, 0.15) is 28.3 Å². The summed E-state index contributed by atoms with van der Waals surface area (Å²) in [5.41, 5.74) is 10.8. The van der Waals surface area contributed by atoms with Crippen LogP contribution in [0.5, 0.6) is 5.75 Å². The molecule has 0 saturated heterocycles. The van der Waals surface area contributed by atoms with E-state index in [9.17, 15) is 0 Å². The summed E-state index contributed by atoms with van der Waals surface area (Å²) in [5.74, 6) is 0.904. The first-order valence-electron chi connectivity index (χ1n) is 6.53. The van der Waals surface area contributed by atoms with Crippen LogP contribution in [0.25, 0.3) is 0 Å². The van der Waals surface area contributed by atoms with E-state index in [2.05, 4.69) is 22.9 Å². The third kappa shape index (κ3) is 2.34. The number of benzene rings is 2. The highest BCUT2D eigenvalue weighted by Gasteiger charge is 2.23. The summed E-state index contributed by atoms with van der Waals surface area (Å²) in [7, 11) is 0. The smallest absolute Gasteiger partial charge is 0.127 e. The molecule has 0 bridgehead atoms. The average molecular weight is 353 g/mol. The summed E-state index contributed by atoms with van der Waals surface area (Å²) in [4.78, 5) is 0. The molecule has 2 aromatic rings. The zero-order valence-corrected chi connectivity index (χ0v) is 13.5. The molecule has 4 heteroatoms. The molecule has 2 nitrogen and oxygen atoms in total. The summed E-state index contributed by atoms with van der Waals surface area (Å²) in [6.45, 7) is 2.76. The van der Waals surface area contributed by atoms with Gasteiger partial charge in [-0.05, 0) is 41.8 Å². The number of hydrogen-bond donors (Lipinski definition) is 1. The fraction of sp³-hybridized carbons (Fsp3) is 0.250. The highest BCUT2D eigenvalue weighted by molar-refractivity contribution is 9.10. The Labute approximate surface area is 132 Å². The van der Waals surface area contributed by atoms with Crippen LogP contribution >= 0.6 is 27.5 Å². The molecule has 104 valence electrons. The van der Waals surface area contributed by atoms with E-state index < -0.39 is 0 Å². The van der Waals surface area contributed by atoms with E-state index in [-0.39, 0.29) is 6.04 Å². The molecule has 0 saturated carbocycles. The van der Waals surface area contributed by atoms with Gasteiger partial charge in [0.05, 0.1) is 12.6 Å². The quantitative estimate of drug-likeness (QED) is 0.870. The van der Waals surface area contributed by atoms with Crippen molar-refractivity contribution in [3.63, 3.8) is 0 Å². The molecule has 0 aliphatic carbocycles. The van der Waals surface area contributed by atoms with Gasteiger partial charge in [0.2, 0.25) is 0 Å². The van der Waals surface area contributed by atoms with Crippen LogP contribution in [-0.2, 0) is 6.42 Å². The van der Waals surface area contributed by atoms with E-state index in [1.807, 2.05) is 30.3 Å². The van der Waals surface area contributed by atoms with Gasteiger partial charge in [-0.15, -0.1) is 0 Å². The largest absolute Gasteiger partial charge is 0.493 e. The minimum atomic E-state index is -0.238. The number of fused-ring (bicyclic) bond motifs is 1. The van der Waals surface area contributed by atoms with Crippen LogP contribution in [-0.4, -0.2) is 6.61 Å². The molecule has 20 heavy (non-hydrogen) atoms. The highest BCUT2D eigenvalue weighted by Crippen LogP contribution is 2.38. The van der Waals surface area contributed by atoms with Crippen LogP contribution < -0.4 is 10.5 Å². The van der Waals surface area contributed by atoms with Crippen LogP contribution in [0, 0.1) is 6.92 Å². The Hall–Kier alpha value is -1.03. The maximum absolute atomic E-state index is 6.47. The Bertz CT molecular complexity index is 672. The monoisotopic (exact) mass is 351 g/mol. The molecule has 1 aliphatic heterocycles. The standard InChI is InChI=1S/C16H15BrClNO/c1-9-12(3-2-4-14(9)17)15(19)13-8-11(18)7-10-5-6-20-16(10)13/h2-4,7-8,15H,5-6,19H2,1H3. The predicted molar refractivity (Wildman–Crippen MR) is 85.6 cm³/mol. The molecular formula is C16H15BrClNO. The van der Waals surface area contributed by atoms with Gasteiger partial charge in [0.25, 0.3) is 0 Å². The SMILES string of the molecule is Cc1c(Br)cccc1C(N)c1cc(Cl)cc2c1OCC2. The Kier molecular flexibility index (Phi) is 3.76. The summed E-state index contributed by atoms with van der Waals surface area (Å²) >= 11 is 9.76. The van der Waals surface area contributed by atoms with Crippen molar-refractivity contribution in [3.8, 4) is 5.75 Å². The average Bonchev–Trinajstić information content (AvgIpc) is 2.88. The number of nitrogens with two attached hydrogens (primary N) is 1. The van der Waals surface area contributed by atoms with E-state index in [1.54, 1.807) is 0 Å². The third-order valence-electron chi connectivity index (χ3n) is 3.76. The van der Waals surface area contributed by atoms with Gasteiger partial charge >= 0.3 is 0 Å². The van der Waals surface area contributed by atoms with Crippen molar-refractivity contribution in [2.24, 2.45) is 5.73 Å². The molecular weight excluding hydrogens is 338 g/mol. The molecule has 1 aliphatic rings. The van der Waals surface area contributed by atoms with Crippen molar-refractivity contribution >= 4 is 27.5 Å². The van der Waals surface area contributed by atoms with Gasteiger partial charge in [0.1, 0.15) is 5.75 Å². The number of rotatable bonds is 2. The molecule has 1 heterocycles.